The minimum atomic E-state index is -0.711. The molecule has 0 aromatic carbocycles. The van der Waals surface area contributed by atoms with Crippen LogP contribution in [0.4, 0.5) is 11.5 Å². The van der Waals surface area contributed by atoms with E-state index in [1.165, 1.54) is 0 Å². The molecule has 6 nitrogen and oxygen atoms in total. The van der Waals surface area contributed by atoms with Crippen molar-refractivity contribution in [2.75, 3.05) is 5.73 Å². The van der Waals surface area contributed by atoms with Crippen molar-refractivity contribution in [2.24, 2.45) is 0 Å². The van der Waals surface area contributed by atoms with Gasteiger partial charge in [-0.25, -0.2) is 9.97 Å². The number of nitrogens with zero attached hydrogens (tertiary/aromatic N) is 3. The molecule has 0 fully saturated rings. The maximum absolute atomic E-state index is 10.3. The highest BCUT2D eigenvalue weighted by atomic mass is 35.5. The first kappa shape index (κ1) is 8.66. The number of anilines is 1. The number of aromatic nitrogens is 2. The number of halogens is 1. The number of hydrogen-bond donors (Lipinski definition) is 1. The third-order valence-corrected chi connectivity index (χ3v) is 1.43. The Morgan fingerprint density at radius 3 is 2.58 bits per heavy atom. The summed E-state index contributed by atoms with van der Waals surface area (Å²) >= 11 is 5.46. The number of rotatable bonds is 1. The highest BCUT2D eigenvalue weighted by Gasteiger charge is 2.19. The van der Waals surface area contributed by atoms with Crippen LogP contribution >= 0.6 is 11.6 Å². The van der Waals surface area contributed by atoms with Crippen LogP contribution in [-0.4, -0.2) is 14.9 Å². The Labute approximate surface area is 72.5 Å². The molecule has 0 unspecified atom stereocenters. The number of nitrogens with two attached hydrogens (primary N) is 1. The van der Waals surface area contributed by atoms with E-state index in [1.807, 2.05) is 0 Å². The number of nitro groups is 1. The van der Waals surface area contributed by atoms with Gasteiger partial charge in [0.2, 0.25) is 11.0 Å². The van der Waals surface area contributed by atoms with Crippen molar-refractivity contribution in [3.8, 4) is 0 Å². The summed E-state index contributed by atoms with van der Waals surface area (Å²) in [5.74, 6) is 0.0978. The minimum absolute atomic E-state index is 0.211. The predicted octanol–water partition coefficient (Wildman–Crippen LogP) is 0.929. The predicted molar refractivity (Wildman–Crippen MR) is 42.8 cm³/mol. The molecule has 12 heavy (non-hydrogen) atoms. The van der Waals surface area contributed by atoms with Crippen LogP contribution in [0.15, 0.2) is 0 Å². The molecule has 1 aromatic rings. The van der Waals surface area contributed by atoms with E-state index in [4.69, 9.17) is 17.3 Å². The molecule has 0 aliphatic heterocycles. The lowest BCUT2D eigenvalue weighted by Crippen LogP contribution is -2.02. The Bertz CT molecular complexity index is 317. The van der Waals surface area contributed by atoms with Crippen molar-refractivity contribution in [3.63, 3.8) is 0 Å². The van der Waals surface area contributed by atoms with Gasteiger partial charge in [0.1, 0.15) is 5.82 Å². The summed E-state index contributed by atoms with van der Waals surface area (Å²) < 4.78 is 0. The van der Waals surface area contributed by atoms with E-state index >= 15 is 0 Å². The number of nitrogen functional groups attached to an aromatic ring is 1. The van der Waals surface area contributed by atoms with Crippen LogP contribution in [-0.2, 0) is 0 Å². The Morgan fingerprint density at radius 1 is 1.58 bits per heavy atom. The Morgan fingerprint density at radius 2 is 2.17 bits per heavy atom. The molecular formula is C5H5ClN4O2. The molecule has 1 heterocycles. The lowest BCUT2D eigenvalue weighted by molar-refractivity contribution is -0.384. The first-order valence-corrected chi connectivity index (χ1v) is 3.34. The third-order valence-electron chi connectivity index (χ3n) is 1.16. The van der Waals surface area contributed by atoms with Crippen LogP contribution in [0, 0.1) is 17.0 Å². The molecule has 0 aliphatic rings. The molecule has 0 aliphatic carbocycles. The van der Waals surface area contributed by atoms with Crippen molar-refractivity contribution in [3.05, 3.63) is 21.1 Å². The smallest absolute Gasteiger partial charge is 0.348 e. The van der Waals surface area contributed by atoms with Crippen LogP contribution in [0.2, 0.25) is 5.15 Å². The maximum atomic E-state index is 10.3. The van der Waals surface area contributed by atoms with Crippen molar-refractivity contribution in [2.45, 2.75) is 6.92 Å². The van der Waals surface area contributed by atoms with E-state index in [9.17, 15) is 10.1 Å². The molecule has 0 saturated carbocycles. The van der Waals surface area contributed by atoms with E-state index in [0.717, 1.165) is 0 Å². The fourth-order valence-electron chi connectivity index (χ4n) is 0.722. The maximum Gasteiger partial charge on any atom is 0.348 e. The zero-order valence-corrected chi connectivity index (χ0v) is 6.87. The molecular weight excluding hydrogens is 184 g/mol. The van der Waals surface area contributed by atoms with Gasteiger partial charge in [0.25, 0.3) is 0 Å². The van der Waals surface area contributed by atoms with Gasteiger partial charge < -0.3 is 5.73 Å². The third kappa shape index (κ3) is 1.42. The van der Waals surface area contributed by atoms with E-state index in [0.29, 0.717) is 5.82 Å². The molecule has 1 aromatic heterocycles. The second-order valence-electron chi connectivity index (χ2n) is 2.05. The van der Waals surface area contributed by atoms with E-state index in [1.54, 1.807) is 6.92 Å². The fourth-order valence-corrected chi connectivity index (χ4v) is 1.01. The first-order valence-electron chi connectivity index (χ1n) is 2.96. The molecule has 2 N–H and O–H groups in total. The Hall–Kier alpha value is -1.43. The Balaban J connectivity index is 3.38. The van der Waals surface area contributed by atoms with Crippen molar-refractivity contribution >= 4 is 23.1 Å². The van der Waals surface area contributed by atoms with Gasteiger partial charge in [-0.15, -0.1) is 0 Å². The topological polar surface area (TPSA) is 94.9 Å². The summed E-state index contributed by atoms with van der Waals surface area (Å²) in [7, 11) is 0. The quantitative estimate of drug-likeness (QED) is 0.402. The second-order valence-corrected chi connectivity index (χ2v) is 2.41. The van der Waals surface area contributed by atoms with E-state index < -0.39 is 10.6 Å². The number of aryl methyl sites for hydroxylation is 1. The van der Waals surface area contributed by atoms with Crippen LogP contribution in [0.5, 0.6) is 0 Å². The highest BCUT2D eigenvalue weighted by molar-refractivity contribution is 6.31. The molecule has 0 bridgehead atoms. The zero-order chi connectivity index (χ0) is 9.30. The molecule has 0 atom stereocenters. The van der Waals surface area contributed by atoms with Gasteiger partial charge in [-0.1, -0.05) is 11.6 Å². The monoisotopic (exact) mass is 188 g/mol. The molecule has 0 radical (unpaired) electrons. The van der Waals surface area contributed by atoms with Gasteiger partial charge in [-0.3, -0.25) is 10.1 Å². The van der Waals surface area contributed by atoms with Gasteiger partial charge in [0.05, 0.1) is 4.92 Å². The van der Waals surface area contributed by atoms with E-state index in [-0.39, 0.29) is 11.0 Å². The first-order chi connectivity index (χ1) is 5.52. The van der Waals surface area contributed by atoms with Gasteiger partial charge in [0.15, 0.2) is 0 Å². The molecule has 1 rings (SSSR count). The summed E-state index contributed by atoms with van der Waals surface area (Å²) in [6.07, 6.45) is 0. The SMILES string of the molecule is Cc1nc(N)c([N+](=O)[O-])c(Cl)n1. The normalized spacial score (nSPS) is 9.83. The van der Waals surface area contributed by atoms with Gasteiger partial charge in [-0.2, -0.15) is 0 Å². The molecule has 7 heteroatoms. The van der Waals surface area contributed by atoms with Crippen LogP contribution in [0.3, 0.4) is 0 Å². The standard InChI is InChI=1S/C5H5ClN4O2/c1-2-8-4(6)3(10(11)12)5(7)9-2/h1H3,(H2,7,8,9). The van der Waals surface area contributed by atoms with Crippen molar-refractivity contribution in [1.82, 2.24) is 9.97 Å². The molecule has 0 saturated heterocycles. The van der Waals surface area contributed by atoms with Gasteiger partial charge in [0, 0.05) is 0 Å². The lowest BCUT2D eigenvalue weighted by Gasteiger charge is -1.98. The lowest BCUT2D eigenvalue weighted by atomic mass is 10.5. The minimum Gasteiger partial charge on any atom is -0.378 e. The van der Waals surface area contributed by atoms with Crippen LogP contribution in [0.1, 0.15) is 5.82 Å². The molecule has 0 spiro atoms. The molecule has 0 amide bonds. The molecule has 64 valence electrons. The Kier molecular flexibility index (Phi) is 2.09. The summed E-state index contributed by atoms with van der Waals surface area (Å²) in [4.78, 5) is 16.8. The van der Waals surface area contributed by atoms with Crippen molar-refractivity contribution in [1.29, 1.82) is 0 Å². The van der Waals surface area contributed by atoms with Crippen LogP contribution in [0.25, 0.3) is 0 Å². The van der Waals surface area contributed by atoms with Crippen LogP contribution < -0.4 is 5.73 Å². The average Bonchev–Trinajstić information content (AvgIpc) is 1.82. The summed E-state index contributed by atoms with van der Waals surface area (Å²) in [6, 6.07) is 0. The zero-order valence-electron chi connectivity index (χ0n) is 6.11. The highest BCUT2D eigenvalue weighted by Crippen LogP contribution is 2.26. The largest absolute Gasteiger partial charge is 0.378 e. The van der Waals surface area contributed by atoms with Gasteiger partial charge >= 0.3 is 5.69 Å². The van der Waals surface area contributed by atoms with Crippen molar-refractivity contribution < 1.29 is 4.92 Å². The number of hydrogen-bond acceptors (Lipinski definition) is 5. The average molecular weight is 189 g/mol. The summed E-state index contributed by atoms with van der Waals surface area (Å²) in [6.45, 7) is 1.55. The summed E-state index contributed by atoms with van der Waals surface area (Å²) in [5, 5.41) is 10.1. The van der Waals surface area contributed by atoms with E-state index in [2.05, 4.69) is 9.97 Å². The second kappa shape index (κ2) is 2.90. The van der Waals surface area contributed by atoms with Gasteiger partial charge in [-0.05, 0) is 6.92 Å². The summed E-state index contributed by atoms with van der Waals surface area (Å²) in [5.41, 5.74) is 4.80. The fraction of sp³-hybridized carbons (Fsp3) is 0.200.